The third-order valence-electron chi connectivity index (χ3n) is 23.5. The molecule has 0 aromatic carbocycles. The predicted octanol–water partition coefficient (Wildman–Crippen LogP) is 4.45. The number of hydrogen-bond acceptors (Lipinski definition) is 21. The van der Waals surface area contributed by atoms with Crippen molar-refractivity contribution in [1.82, 2.24) is 62.6 Å². The van der Waals surface area contributed by atoms with Crippen LogP contribution in [0.2, 0.25) is 0 Å². The van der Waals surface area contributed by atoms with Crippen LogP contribution in [0.5, 0.6) is 0 Å². The molecule has 0 aromatic rings. The van der Waals surface area contributed by atoms with Gasteiger partial charge < -0.3 is 58.9 Å². The Bertz CT molecular complexity index is 1950. The first-order chi connectivity index (χ1) is 41.5. The van der Waals surface area contributed by atoms with E-state index in [2.05, 4.69) is 81.2 Å². The molecule has 6 saturated carbocycles. The van der Waals surface area contributed by atoms with Gasteiger partial charge in [0.15, 0.2) is 0 Å². The molecule has 0 aromatic heterocycles. The number of allylic oxidation sites excluding steroid dienone is 3. The number of rotatable bonds is 27. The van der Waals surface area contributed by atoms with Gasteiger partial charge in [0, 0.05) is 149 Å². The van der Waals surface area contributed by atoms with Gasteiger partial charge in [-0.3, -0.25) is 29.7 Å². The number of likely N-dealkylation sites (tertiary alicyclic amines) is 3. The van der Waals surface area contributed by atoms with Crippen LogP contribution in [0.25, 0.3) is 0 Å². The highest BCUT2D eigenvalue weighted by Crippen LogP contribution is 2.56. The predicted molar refractivity (Wildman–Crippen MR) is 318 cm³/mol. The van der Waals surface area contributed by atoms with Gasteiger partial charge in [0.2, 0.25) is 0 Å². The Morgan fingerprint density at radius 1 is 0.310 bits per heavy atom. The second kappa shape index (κ2) is 28.9. The lowest BCUT2D eigenvalue weighted by Crippen LogP contribution is -2.49. The molecule has 18 unspecified atom stereocenters. The van der Waals surface area contributed by atoms with E-state index >= 15 is 0 Å². The third kappa shape index (κ3) is 13.2. The normalized spacial score (nSPS) is 38.8. The first-order valence-electron chi connectivity index (χ1n) is 33.8. The summed E-state index contributed by atoms with van der Waals surface area (Å²) in [5.41, 5.74) is 27.1. The molecule has 21 heteroatoms. The fourth-order valence-electron chi connectivity index (χ4n) is 19.8. The van der Waals surface area contributed by atoms with Crippen LogP contribution >= 0.6 is 0 Å². The molecule has 13 aliphatic rings. The number of nitrogens with zero attached hydrogens (tertiary/aromatic N) is 6. The van der Waals surface area contributed by atoms with Crippen molar-refractivity contribution in [2.24, 2.45) is 53.3 Å². The van der Waals surface area contributed by atoms with Gasteiger partial charge in [-0.1, -0.05) is 0 Å². The summed E-state index contributed by atoms with van der Waals surface area (Å²) in [6, 6.07) is 5.01. The zero-order valence-electron chi connectivity index (χ0n) is 51.4. The fourth-order valence-corrected chi connectivity index (χ4v) is 19.8. The Morgan fingerprint density at radius 2 is 0.560 bits per heavy atom. The number of hydrogen-bond donors (Lipinski definition) is 6. The van der Waals surface area contributed by atoms with Gasteiger partial charge in [-0.15, -0.1) is 16.6 Å². The van der Waals surface area contributed by atoms with Crippen molar-refractivity contribution >= 4 is 0 Å². The largest absolute Gasteiger partial charge is 0.382 e. The second-order valence-electron chi connectivity index (χ2n) is 27.4. The first-order valence-corrected chi connectivity index (χ1v) is 33.8. The maximum Gasteiger partial charge on any atom is 0.0701 e. The second-order valence-corrected chi connectivity index (χ2v) is 27.4. The van der Waals surface area contributed by atoms with E-state index in [-0.39, 0.29) is 0 Å². The maximum absolute atomic E-state index is 6.30. The summed E-state index contributed by atoms with van der Waals surface area (Å²) in [5, 5.41) is 7.57. The van der Waals surface area contributed by atoms with Gasteiger partial charge in [0.05, 0.1) is 99.1 Å². The molecule has 6 N–H and O–H groups in total. The Hall–Kier alpha value is -2.58. The molecule has 84 heavy (non-hydrogen) atoms. The third-order valence-corrected chi connectivity index (χ3v) is 23.5. The van der Waals surface area contributed by atoms with E-state index in [1.807, 2.05) is 0 Å². The molecule has 0 spiro atoms. The molecule has 6 aliphatic carbocycles. The van der Waals surface area contributed by atoms with E-state index in [4.69, 9.17) is 42.6 Å². The minimum Gasteiger partial charge on any atom is -0.382 e. The lowest BCUT2D eigenvalue weighted by atomic mass is 9.68. The topological polar surface area (TPSA) is 175 Å². The molecule has 3 saturated heterocycles. The van der Waals surface area contributed by atoms with Crippen LogP contribution in [0.3, 0.4) is 0 Å². The first kappa shape index (κ1) is 60.3. The van der Waals surface area contributed by atoms with E-state index in [9.17, 15) is 0 Å². The average Bonchev–Trinajstić information content (AvgIpc) is 3.18. The van der Waals surface area contributed by atoms with Gasteiger partial charge in [0.25, 0.3) is 0 Å². The summed E-state index contributed by atoms with van der Waals surface area (Å²) in [6.45, 7) is 12.8. The Morgan fingerprint density at radius 3 is 0.845 bits per heavy atom. The Labute approximate surface area is 502 Å². The molecule has 0 amide bonds. The van der Waals surface area contributed by atoms with Crippen molar-refractivity contribution in [3.05, 3.63) is 35.7 Å². The molecule has 18 bridgehead atoms. The van der Waals surface area contributed by atoms with Gasteiger partial charge in [0.1, 0.15) is 0 Å². The summed E-state index contributed by atoms with van der Waals surface area (Å²) in [5.74, 6) is 5.53. The van der Waals surface area contributed by atoms with Crippen molar-refractivity contribution in [3.63, 3.8) is 0 Å². The SMILES string of the molecule is COCCOCCOCCN1C2CCC3CC2C2CC(CCC21)N1C=C(NN1)C1CCC2C(C1)C1CC(CCC1N2CCOCCOCCOC)N1C=C(NN1)C1CCC2C(C1)C1CC(CCC1N2CCOCCOCCOC)N1C=C3NN1. The van der Waals surface area contributed by atoms with Gasteiger partial charge in [-0.05, 0) is 151 Å². The molecule has 18 atom stereocenters. The van der Waals surface area contributed by atoms with E-state index in [0.29, 0.717) is 187 Å². The van der Waals surface area contributed by atoms with Crippen molar-refractivity contribution in [2.45, 2.75) is 170 Å². The van der Waals surface area contributed by atoms with Crippen molar-refractivity contribution in [1.29, 1.82) is 0 Å². The van der Waals surface area contributed by atoms with E-state index in [1.54, 1.807) is 21.3 Å². The van der Waals surface area contributed by atoms with E-state index < -0.39 is 0 Å². The number of methoxy groups -OCH3 is 3. The molecule has 7 aliphatic heterocycles. The summed E-state index contributed by atoms with van der Waals surface area (Å²) >= 11 is 0. The zero-order valence-corrected chi connectivity index (χ0v) is 51.4. The Balaban J connectivity index is 0.749. The van der Waals surface area contributed by atoms with Crippen molar-refractivity contribution < 1.29 is 42.6 Å². The zero-order chi connectivity index (χ0) is 56.8. The minimum atomic E-state index is 0.465. The smallest absolute Gasteiger partial charge is 0.0701 e. The molecule has 0 radical (unpaired) electrons. The van der Waals surface area contributed by atoms with Crippen LogP contribution < -0.4 is 32.9 Å². The highest BCUT2D eigenvalue weighted by atomic mass is 16.6. The summed E-state index contributed by atoms with van der Waals surface area (Å²) in [6.07, 6.45) is 29.7. The summed E-state index contributed by atoms with van der Waals surface area (Å²) < 4.78 is 51.8. The van der Waals surface area contributed by atoms with Crippen LogP contribution in [0.1, 0.15) is 116 Å². The highest BCUT2D eigenvalue weighted by molar-refractivity contribution is 5.19. The lowest BCUT2D eigenvalue weighted by molar-refractivity contribution is 0.0108. The number of hydrazine groups is 6. The van der Waals surface area contributed by atoms with Gasteiger partial charge in [-0.25, -0.2) is 0 Å². The van der Waals surface area contributed by atoms with E-state index in [0.717, 1.165) is 39.5 Å². The van der Waals surface area contributed by atoms with Crippen molar-refractivity contribution in [2.75, 3.05) is 140 Å². The van der Waals surface area contributed by atoms with E-state index in [1.165, 1.54) is 133 Å². The molecule has 474 valence electrons. The van der Waals surface area contributed by atoms with Gasteiger partial charge >= 0.3 is 0 Å². The lowest BCUT2D eigenvalue weighted by Gasteiger charge is -2.40. The number of fused-ring (bicyclic) bond motifs is 15. The quantitative estimate of drug-likeness (QED) is 0.0637. The molecule has 13 rings (SSSR count). The van der Waals surface area contributed by atoms with Crippen LogP contribution in [0, 0.1) is 53.3 Å². The Kier molecular flexibility index (Phi) is 20.8. The molecular weight excluding hydrogens is 1070 g/mol. The summed E-state index contributed by atoms with van der Waals surface area (Å²) in [4.78, 5) is 8.81. The standard InChI is InChI=1S/C63H108N12O9/c1-76-22-25-82-31-28-79-19-16-70-58-10-4-43-34-49(58)52-37-46(7-13-61(52)70)73-41-56(65-67-73)44-5-11-59-50(35-44)54-39-48(9-15-63(54)71(59)17-20-80-29-32-83-26-23-77-2)75-42-57(66-69-75)45-6-12-60-51(36-45)53-38-47(74-40-55(43)64-68-74)8-14-62(53)72(60)18-21-81-30-33-84-27-24-78-3/h40-54,58-69H,4-39H2,1-3H3. The van der Waals surface area contributed by atoms with Crippen LogP contribution in [0.15, 0.2) is 35.7 Å². The van der Waals surface area contributed by atoms with Crippen LogP contribution in [-0.2, 0) is 42.6 Å². The van der Waals surface area contributed by atoms with Crippen LogP contribution in [0.4, 0.5) is 0 Å². The monoisotopic (exact) mass is 1180 g/mol. The number of ether oxygens (including phenoxy) is 9. The molecular formula is C63H108N12O9. The number of nitrogens with one attached hydrogen (secondary N) is 6. The molecule has 7 heterocycles. The maximum atomic E-state index is 6.30. The fraction of sp³-hybridized carbons (Fsp3) is 0.905. The molecule has 9 fully saturated rings. The molecule has 21 nitrogen and oxygen atoms in total. The highest BCUT2D eigenvalue weighted by Gasteiger charge is 2.57. The average molecular weight is 1180 g/mol. The van der Waals surface area contributed by atoms with Gasteiger partial charge in [-0.2, -0.15) is 0 Å². The van der Waals surface area contributed by atoms with Crippen LogP contribution in [-0.4, -0.2) is 224 Å². The van der Waals surface area contributed by atoms with Crippen molar-refractivity contribution in [3.8, 4) is 0 Å². The minimum absolute atomic E-state index is 0.465. The summed E-state index contributed by atoms with van der Waals surface area (Å²) in [7, 11) is 5.17.